The van der Waals surface area contributed by atoms with E-state index >= 15 is 0 Å². The number of hydrogen-bond acceptors (Lipinski definition) is 2. The van der Waals surface area contributed by atoms with Gasteiger partial charge in [0.1, 0.15) is 4.99 Å². The minimum Gasteiger partial charge on any atom is -0.389 e. The van der Waals surface area contributed by atoms with Crippen molar-refractivity contribution in [2.75, 3.05) is 5.32 Å². The number of nitrogens with two attached hydrogens (primary N) is 1. The molecule has 0 atom stereocenters. The third kappa shape index (κ3) is 3.38. The maximum atomic E-state index is 5.79. The van der Waals surface area contributed by atoms with Gasteiger partial charge >= 0.3 is 0 Å². The quantitative estimate of drug-likeness (QED) is 0.767. The fraction of sp³-hybridized carbons (Fsp3) is 0.188. The summed E-state index contributed by atoms with van der Waals surface area (Å²) in [6.45, 7) is 4.35. The molecular weight excluding hydrogens is 332 g/mol. The zero-order valence-electron chi connectivity index (χ0n) is 11.5. The molecule has 3 N–H and O–H groups in total. The molecule has 0 radical (unpaired) electrons. The highest BCUT2D eigenvalue weighted by molar-refractivity contribution is 9.10. The largest absolute Gasteiger partial charge is 0.389 e. The fourth-order valence-electron chi connectivity index (χ4n) is 2.09. The third-order valence-electron chi connectivity index (χ3n) is 3.10. The zero-order chi connectivity index (χ0) is 14.7. The summed E-state index contributed by atoms with van der Waals surface area (Å²) in [5.74, 6) is 0.444. The van der Waals surface area contributed by atoms with Gasteiger partial charge in [0.15, 0.2) is 0 Å². The molecule has 0 amide bonds. The Morgan fingerprint density at radius 1 is 1.15 bits per heavy atom. The average molecular weight is 349 g/mol. The Morgan fingerprint density at radius 3 is 2.50 bits per heavy atom. The number of para-hydroxylation sites is 1. The Morgan fingerprint density at radius 2 is 1.85 bits per heavy atom. The van der Waals surface area contributed by atoms with Crippen LogP contribution in [0.1, 0.15) is 30.9 Å². The molecule has 2 nitrogen and oxygen atoms in total. The molecule has 0 aliphatic carbocycles. The SMILES string of the molecule is CC(C)c1ccccc1Nc1cc(Br)ccc1C(N)=S. The van der Waals surface area contributed by atoms with Gasteiger partial charge < -0.3 is 11.1 Å². The second kappa shape index (κ2) is 6.37. The van der Waals surface area contributed by atoms with Gasteiger partial charge in [-0.25, -0.2) is 0 Å². The molecule has 0 saturated heterocycles. The van der Waals surface area contributed by atoms with Crippen LogP contribution in [0.5, 0.6) is 0 Å². The van der Waals surface area contributed by atoms with Gasteiger partial charge in [-0.05, 0) is 35.7 Å². The van der Waals surface area contributed by atoms with E-state index in [1.54, 1.807) is 0 Å². The number of rotatable bonds is 4. The maximum Gasteiger partial charge on any atom is 0.106 e. The monoisotopic (exact) mass is 348 g/mol. The predicted molar refractivity (Wildman–Crippen MR) is 93.8 cm³/mol. The summed E-state index contributed by atoms with van der Waals surface area (Å²) in [4.78, 5) is 0.391. The standard InChI is InChI=1S/C16H17BrN2S/c1-10(2)12-5-3-4-6-14(12)19-15-9-11(17)7-8-13(15)16(18)20/h3-10,19H,1-2H3,(H2,18,20). The minimum atomic E-state index is 0.391. The van der Waals surface area contributed by atoms with E-state index in [1.807, 2.05) is 24.3 Å². The molecule has 2 rings (SSSR count). The first-order valence-electron chi connectivity index (χ1n) is 6.44. The van der Waals surface area contributed by atoms with Crippen LogP contribution >= 0.6 is 28.1 Å². The van der Waals surface area contributed by atoms with Gasteiger partial charge in [0.05, 0.1) is 0 Å². The molecule has 0 saturated carbocycles. The molecule has 0 aliphatic rings. The highest BCUT2D eigenvalue weighted by Gasteiger charge is 2.10. The first kappa shape index (κ1) is 15.0. The number of thiocarbonyl (C=S) groups is 1. The van der Waals surface area contributed by atoms with Gasteiger partial charge in [0, 0.05) is 21.4 Å². The lowest BCUT2D eigenvalue weighted by Gasteiger charge is -2.17. The van der Waals surface area contributed by atoms with Crippen molar-refractivity contribution in [1.82, 2.24) is 0 Å². The predicted octanol–water partition coefficient (Wildman–Crippen LogP) is 4.95. The van der Waals surface area contributed by atoms with E-state index in [-0.39, 0.29) is 0 Å². The number of benzene rings is 2. The van der Waals surface area contributed by atoms with E-state index < -0.39 is 0 Å². The lowest BCUT2D eigenvalue weighted by atomic mass is 10.0. The Kier molecular flexibility index (Phi) is 4.78. The van der Waals surface area contributed by atoms with Crippen molar-refractivity contribution in [1.29, 1.82) is 0 Å². The highest BCUT2D eigenvalue weighted by Crippen LogP contribution is 2.30. The molecule has 104 valence electrons. The molecular formula is C16H17BrN2S. The number of halogens is 1. The first-order chi connectivity index (χ1) is 9.49. The van der Waals surface area contributed by atoms with E-state index in [4.69, 9.17) is 18.0 Å². The second-order valence-corrected chi connectivity index (χ2v) is 6.28. The molecule has 0 aliphatic heterocycles. The third-order valence-corrected chi connectivity index (χ3v) is 3.81. The maximum absolute atomic E-state index is 5.79. The van der Waals surface area contributed by atoms with Crippen LogP contribution < -0.4 is 11.1 Å². The van der Waals surface area contributed by atoms with Crippen molar-refractivity contribution in [3.8, 4) is 0 Å². The summed E-state index contributed by atoms with van der Waals surface area (Å²) in [5, 5.41) is 3.45. The summed E-state index contributed by atoms with van der Waals surface area (Å²) in [6.07, 6.45) is 0. The molecule has 20 heavy (non-hydrogen) atoms. The van der Waals surface area contributed by atoms with Gasteiger partial charge in [-0.3, -0.25) is 0 Å². The Bertz CT molecular complexity index is 638. The molecule has 0 unspecified atom stereocenters. The van der Waals surface area contributed by atoms with Gasteiger partial charge in [0.25, 0.3) is 0 Å². The molecule has 0 spiro atoms. The van der Waals surface area contributed by atoms with Gasteiger partial charge in [-0.2, -0.15) is 0 Å². The summed E-state index contributed by atoms with van der Waals surface area (Å²) >= 11 is 8.60. The van der Waals surface area contributed by atoms with Crippen LogP contribution in [-0.2, 0) is 0 Å². The van der Waals surface area contributed by atoms with Crippen LogP contribution in [0.4, 0.5) is 11.4 Å². The van der Waals surface area contributed by atoms with Crippen molar-refractivity contribution in [2.24, 2.45) is 5.73 Å². The average Bonchev–Trinajstić information content (AvgIpc) is 2.38. The molecule has 2 aromatic carbocycles. The topological polar surface area (TPSA) is 38.0 Å². The summed E-state index contributed by atoms with van der Waals surface area (Å²) in [6, 6.07) is 14.1. The molecule has 0 bridgehead atoms. The number of anilines is 2. The van der Waals surface area contributed by atoms with E-state index in [0.29, 0.717) is 10.9 Å². The highest BCUT2D eigenvalue weighted by atomic mass is 79.9. The number of nitrogens with one attached hydrogen (secondary N) is 1. The molecule has 0 heterocycles. The van der Waals surface area contributed by atoms with Crippen molar-refractivity contribution in [3.63, 3.8) is 0 Å². The lowest BCUT2D eigenvalue weighted by Crippen LogP contribution is -2.12. The van der Waals surface area contributed by atoms with Crippen LogP contribution in [-0.4, -0.2) is 4.99 Å². The van der Waals surface area contributed by atoms with Gasteiger partial charge in [-0.1, -0.05) is 60.2 Å². The van der Waals surface area contributed by atoms with E-state index in [1.165, 1.54) is 5.56 Å². The normalized spacial score (nSPS) is 10.6. The van der Waals surface area contributed by atoms with Crippen LogP contribution in [0.3, 0.4) is 0 Å². The summed E-state index contributed by atoms with van der Waals surface area (Å²) < 4.78 is 0.988. The van der Waals surface area contributed by atoms with Crippen molar-refractivity contribution < 1.29 is 0 Å². The second-order valence-electron chi connectivity index (χ2n) is 4.92. The van der Waals surface area contributed by atoms with Crippen molar-refractivity contribution in [3.05, 3.63) is 58.1 Å². The minimum absolute atomic E-state index is 0.391. The van der Waals surface area contributed by atoms with E-state index in [0.717, 1.165) is 21.4 Å². The van der Waals surface area contributed by atoms with Gasteiger partial charge in [0.2, 0.25) is 0 Å². The molecule has 0 fully saturated rings. The first-order valence-corrected chi connectivity index (χ1v) is 7.64. The smallest absolute Gasteiger partial charge is 0.106 e. The lowest BCUT2D eigenvalue weighted by molar-refractivity contribution is 0.869. The molecule has 2 aromatic rings. The van der Waals surface area contributed by atoms with Gasteiger partial charge in [-0.15, -0.1) is 0 Å². The summed E-state index contributed by atoms with van der Waals surface area (Å²) in [5.41, 5.74) is 9.90. The van der Waals surface area contributed by atoms with Crippen LogP contribution in [0.15, 0.2) is 46.9 Å². The van der Waals surface area contributed by atoms with Crippen molar-refractivity contribution in [2.45, 2.75) is 19.8 Å². The molecule has 4 heteroatoms. The number of hydrogen-bond donors (Lipinski definition) is 2. The Labute approximate surface area is 133 Å². The Hall–Kier alpha value is -1.39. The Balaban J connectivity index is 2.45. The fourth-order valence-corrected chi connectivity index (χ4v) is 2.63. The molecule has 0 aromatic heterocycles. The summed E-state index contributed by atoms with van der Waals surface area (Å²) in [7, 11) is 0. The van der Waals surface area contributed by atoms with Crippen LogP contribution in [0.2, 0.25) is 0 Å². The van der Waals surface area contributed by atoms with Crippen LogP contribution in [0, 0.1) is 0 Å². The zero-order valence-corrected chi connectivity index (χ0v) is 13.9. The van der Waals surface area contributed by atoms with Crippen LogP contribution in [0.25, 0.3) is 0 Å². The van der Waals surface area contributed by atoms with E-state index in [9.17, 15) is 0 Å². The van der Waals surface area contributed by atoms with Crippen molar-refractivity contribution >= 4 is 44.5 Å². The van der Waals surface area contributed by atoms with E-state index in [2.05, 4.69) is 53.3 Å².